The fourth-order valence-electron chi connectivity index (χ4n) is 4.07. The molecule has 32 heavy (non-hydrogen) atoms. The van der Waals surface area contributed by atoms with Crippen molar-refractivity contribution < 1.29 is 18.3 Å². The Kier molecular flexibility index (Phi) is 4.84. The minimum Gasteiger partial charge on any atom is -0.391 e. The molecule has 1 fully saturated rings. The number of rotatable bonds is 4. The summed E-state index contributed by atoms with van der Waals surface area (Å²) in [6, 6.07) is 3.32. The zero-order valence-corrected chi connectivity index (χ0v) is 17.1. The third-order valence-electron chi connectivity index (χ3n) is 5.44. The fourth-order valence-corrected chi connectivity index (χ4v) is 4.07. The molecule has 0 radical (unpaired) electrons. The molecule has 1 unspecified atom stereocenters. The number of nitrogens with one attached hydrogen (secondary N) is 1. The van der Waals surface area contributed by atoms with E-state index in [9.17, 15) is 18.3 Å². The molecule has 5 heterocycles. The van der Waals surface area contributed by atoms with Gasteiger partial charge in [-0.3, -0.25) is 9.78 Å². The van der Waals surface area contributed by atoms with Crippen molar-refractivity contribution in [2.45, 2.75) is 31.7 Å². The van der Waals surface area contributed by atoms with Crippen molar-refractivity contribution in [3.63, 3.8) is 0 Å². The minimum atomic E-state index is -4.48. The average molecular weight is 447 g/mol. The van der Waals surface area contributed by atoms with Gasteiger partial charge in [0.1, 0.15) is 35.3 Å². The van der Waals surface area contributed by atoms with Crippen molar-refractivity contribution in [1.29, 1.82) is 0 Å². The molecule has 1 aliphatic rings. The van der Waals surface area contributed by atoms with Gasteiger partial charge in [0.2, 0.25) is 0 Å². The van der Waals surface area contributed by atoms with E-state index in [-0.39, 0.29) is 16.7 Å². The standard InChI is InChI=1S/C19H20F3N9O/c1-29-18(23-10-25-29)13-7-14(30-6-2-3-11(32)8-30)17-16(26-13)15(12-4-5-24-27-12)28-31(17)9-19(20,21)22/h4-5,7,10-11,32H,2-3,6,8-9H2,1H3,(H,24,27). The molecule has 0 saturated carbocycles. The summed E-state index contributed by atoms with van der Waals surface area (Å²) >= 11 is 0. The molecule has 1 atom stereocenters. The van der Waals surface area contributed by atoms with E-state index in [2.05, 4.69) is 30.4 Å². The maximum Gasteiger partial charge on any atom is 0.408 e. The van der Waals surface area contributed by atoms with Gasteiger partial charge in [-0.15, -0.1) is 0 Å². The highest BCUT2D eigenvalue weighted by Gasteiger charge is 2.33. The Morgan fingerprint density at radius 2 is 2.16 bits per heavy atom. The van der Waals surface area contributed by atoms with Crippen LogP contribution in [0.3, 0.4) is 0 Å². The highest BCUT2D eigenvalue weighted by atomic mass is 19.4. The summed E-state index contributed by atoms with van der Waals surface area (Å²) < 4.78 is 42.8. The van der Waals surface area contributed by atoms with Crippen LogP contribution in [0.2, 0.25) is 0 Å². The Morgan fingerprint density at radius 1 is 1.31 bits per heavy atom. The van der Waals surface area contributed by atoms with E-state index in [4.69, 9.17) is 0 Å². The summed E-state index contributed by atoms with van der Waals surface area (Å²) in [6.07, 6.45) is -0.818. The number of nitrogens with zero attached hydrogens (tertiary/aromatic N) is 8. The number of aliphatic hydroxyl groups excluding tert-OH is 1. The summed E-state index contributed by atoms with van der Waals surface area (Å²) in [4.78, 5) is 10.8. The summed E-state index contributed by atoms with van der Waals surface area (Å²) in [5, 5.41) is 25.2. The van der Waals surface area contributed by atoms with Crippen LogP contribution < -0.4 is 4.90 Å². The first kappa shape index (κ1) is 20.4. The van der Waals surface area contributed by atoms with Gasteiger partial charge in [0.15, 0.2) is 5.82 Å². The first-order valence-electron chi connectivity index (χ1n) is 10.1. The van der Waals surface area contributed by atoms with Crippen molar-refractivity contribution >= 4 is 16.7 Å². The number of fused-ring (bicyclic) bond motifs is 1. The second-order valence-corrected chi connectivity index (χ2v) is 7.76. The van der Waals surface area contributed by atoms with Crippen LogP contribution in [-0.4, -0.2) is 70.2 Å². The lowest BCUT2D eigenvalue weighted by Gasteiger charge is -2.32. The lowest BCUT2D eigenvalue weighted by molar-refractivity contribution is -0.141. The molecule has 0 aliphatic carbocycles. The summed E-state index contributed by atoms with van der Waals surface area (Å²) in [6.45, 7) is -0.384. The molecular weight excluding hydrogens is 427 g/mol. The van der Waals surface area contributed by atoms with Crippen molar-refractivity contribution in [3.8, 4) is 22.9 Å². The Hall–Kier alpha value is -3.48. The quantitative estimate of drug-likeness (QED) is 0.493. The largest absolute Gasteiger partial charge is 0.408 e. The van der Waals surface area contributed by atoms with Crippen LogP contribution in [0.15, 0.2) is 24.7 Å². The van der Waals surface area contributed by atoms with Crippen LogP contribution in [0.1, 0.15) is 12.8 Å². The normalized spacial score (nSPS) is 17.4. The van der Waals surface area contributed by atoms with Gasteiger partial charge in [0.05, 0.1) is 17.5 Å². The third kappa shape index (κ3) is 3.68. The van der Waals surface area contributed by atoms with E-state index in [1.54, 1.807) is 23.9 Å². The first-order chi connectivity index (χ1) is 15.3. The first-order valence-corrected chi connectivity index (χ1v) is 10.1. The van der Waals surface area contributed by atoms with Crippen LogP contribution in [0.5, 0.6) is 0 Å². The molecule has 1 saturated heterocycles. The van der Waals surface area contributed by atoms with Gasteiger partial charge in [-0.05, 0) is 25.0 Å². The van der Waals surface area contributed by atoms with Crippen molar-refractivity contribution in [3.05, 3.63) is 24.7 Å². The van der Waals surface area contributed by atoms with Gasteiger partial charge >= 0.3 is 6.18 Å². The Morgan fingerprint density at radius 3 is 2.81 bits per heavy atom. The number of aliphatic hydroxyl groups is 1. The van der Waals surface area contributed by atoms with Gasteiger partial charge in [-0.25, -0.2) is 14.6 Å². The fraction of sp³-hybridized carbons (Fsp3) is 0.421. The van der Waals surface area contributed by atoms with Gasteiger partial charge in [0, 0.05) is 26.3 Å². The smallest absolute Gasteiger partial charge is 0.391 e. The van der Waals surface area contributed by atoms with Crippen LogP contribution >= 0.6 is 0 Å². The van der Waals surface area contributed by atoms with E-state index in [0.717, 1.165) is 4.68 Å². The predicted molar refractivity (Wildman–Crippen MR) is 109 cm³/mol. The molecular formula is C19H20F3N9O. The summed E-state index contributed by atoms with van der Waals surface area (Å²) in [5.41, 5.74) is 2.18. The number of halogens is 3. The number of alkyl halides is 3. The number of aromatic amines is 1. The zero-order valence-electron chi connectivity index (χ0n) is 17.1. The number of aryl methyl sites for hydroxylation is 1. The highest BCUT2D eigenvalue weighted by molar-refractivity contribution is 5.98. The number of anilines is 1. The third-order valence-corrected chi connectivity index (χ3v) is 5.44. The Balaban J connectivity index is 1.80. The lowest BCUT2D eigenvalue weighted by atomic mass is 10.1. The van der Waals surface area contributed by atoms with Crippen LogP contribution in [0, 0.1) is 0 Å². The molecule has 1 aliphatic heterocycles. The Bertz CT molecular complexity index is 1250. The van der Waals surface area contributed by atoms with Gasteiger partial charge in [-0.1, -0.05) is 0 Å². The molecule has 0 amide bonds. The molecule has 4 aromatic heterocycles. The highest BCUT2D eigenvalue weighted by Crippen LogP contribution is 2.37. The number of H-pyrrole nitrogens is 1. The van der Waals surface area contributed by atoms with Gasteiger partial charge < -0.3 is 10.0 Å². The predicted octanol–water partition coefficient (Wildman–Crippen LogP) is 2.14. The molecule has 168 valence electrons. The van der Waals surface area contributed by atoms with Gasteiger partial charge in [0.25, 0.3) is 0 Å². The molecule has 13 heteroatoms. The van der Waals surface area contributed by atoms with E-state index in [1.165, 1.54) is 12.5 Å². The van der Waals surface area contributed by atoms with Crippen LogP contribution in [0.4, 0.5) is 18.9 Å². The zero-order chi connectivity index (χ0) is 22.5. The maximum absolute atomic E-state index is 13.4. The van der Waals surface area contributed by atoms with E-state index < -0.39 is 18.8 Å². The van der Waals surface area contributed by atoms with Crippen molar-refractivity contribution in [2.24, 2.45) is 7.05 Å². The van der Waals surface area contributed by atoms with Crippen molar-refractivity contribution in [1.82, 2.24) is 39.7 Å². The second-order valence-electron chi connectivity index (χ2n) is 7.76. The summed E-state index contributed by atoms with van der Waals surface area (Å²) in [5.74, 6) is 0.463. The number of hydrogen-bond acceptors (Lipinski definition) is 7. The van der Waals surface area contributed by atoms with Gasteiger partial charge in [-0.2, -0.15) is 28.5 Å². The Labute approximate surface area is 179 Å². The van der Waals surface area contributed by atoms with E-state index >= 15 is 0 Å². The molecule has 10 nitrogen and oxygen atoms in total. The number of piperidine rings is 1. The monoisotopic (exact) mass is 447 g/mol. The number of aromatic nitrogens is 8. The number of β-amino-alcohol motifs (C(OH)–C–C–N with tert-alkyl or cyclic N) is 1. The number of hydrogen-bond donors (Lipinski definition) is 2. The average Bonchev–Trinajstić information content (AvgIpc) is 3.47. The van der Waals surface area contributed by atoms with Crippen LogP contribution in [-0.2, 0) is 13.6 Å². The maximum atomic E-state index is 13.4. The SMILES string of the molecule is Cn1ncnc1-c1cc(N2CCCC(O)C2)c2c(n1)c(-c1ccn[nH]1)nn2CC(F)(F)F. The molecule has 0 bridgehead atoms. The molecule has 2 N–H and O–H groups in total. The topological polar surface area (TPSA) is 114 Å². The van der Waals surface area contributed by atoms with E-state index in [1.807, 2.05) is 4.90 Å². The lowest BCUT2D eigenvalue weighted by Crippen LogP contribution is -2.38. The minimum absolute atomic E-state index is 0.243. The molecule has 5 rings (SSSR count). The van der Waals surface area contributed by atoms with Crippen LogP contribution in [0.25, 0.3) is 33.9 Å². The second kappa shape index (κ2) is 7.58. The summed E-state index contributed by atoms with van der Waals surface area (Å²) in [7, 11) is 1.71. The molecule has 0 aromatic carbocycles. The van der Waals surface area contributed by atoms with E-state index in [0.29, 0.717) is 48.8 Å². The molecule has 0 spiro atoms. The van der Waals surface area contributed by atoms with Crippen molar-refractivity contribution in [2.75, 3.05) is 18.0 Å². The molecule has 4 aromatic rings. The number of pyridine rings is 1.